The SMILES string of the molecule is Cc1ccc2[nH]c(=O)c(CN(C)C(=O)c3ccc(C(C)(C)C)cc3)cc2c1. The third kappa shape index (κ3) is 4.11. The molecule has 27 heavy (non-hydrogen) atoms. The van der Waals surface area contributed by atoms with Crippen molar-refractivity contribution >= 4 is 16.8 Å². The van der Waals surface area contributed by atoms with E-state index in [2.05, 4.69) is 25.8 Å². The smallest absolute Gasteiger partial charge is 0.253 e. The van der Waals surface area contributed by atoms with E-state index in [1.165, 1.54) is 5.56 Å². The molecule has 0 aliphatic rings. The third-order valence-electron chi connectivity index (χ3n) is 4.83. The zero-order valence-corrected chi connectivity index (χ0v) is 16.6. The van der Waals surface area contributed by atoms with Gasteiger partial charge in [0.2, 0.25) is 0 Å². The Kier molecular flexibility index (Phi) is 4.92. The van der Waals surface area contributed by atoms with Gasteiger partial charge in [-0.3, -0.25) is 9.59 Å². The summed E-state index contributed by atoms with van der Waals surface area (Å²) in [6.07, 6.45) is 0. The van der Waals surface area contributed by atoms with Gasteiger partial charge in [-0.25, -0.2) is 0 Å². The van der Waals surface area contributed by atoms with Gasteiger partial charge in [-0.1, -0.05) is 44.5 Å². The second-order valence-electron chi connectivity index (χ2n) is 8.20. The maximum Gasteiger partial charge on any atom is 0.253 e. The Morgan fingerprint density at radius 2 is 1.70 bits per heavy atom. The highest BCUT2D eigenvalue weighted by atomic mass is 16.2. The molecule has 1 N–H and O–H groups in total. The molecular weight excluding hydrogens is 336 g/mol. The lowest BCUT2D eigenvalue weighted by molar-refractivity contribution is 0.0784. The lowest BCUT2D eigenvalue weighted by atomic mass is 9.86. The highest BCUT2D eigenvalue weighted by Gasteiger charge is 2.17. The predicted molar refractivity (Wildman–Crippen MR) is 110 cm³/mol. The van der Waals surface area contributed by atoms with Gasteiger partial charge >= 0.3 is 0 Å². The summed E-state index contributed by atoms with van der Waals surface area (Å²) in [7, 11) is 1.72. The normalized spacial score (nSPS) is 11.6. The molecule has 0 aliphatic heterocycles. The number of H-pyrrole nitrogens is 1. The summed E-state index contributed by atoms with van der Waals surface area (Å²) >= 11 is 0. The van der Waals surface area contributed by atoms with Crippen molar-refractivity contribution in [3.63, 3.8) is 0 Å². The van der Waals surface area contributed by atoms with Crippen molar-refractivity contribution in [2.45, 2.75) is 39.7 Å². The third-order valence-corrected chi connectivity index (χ3v) is 4.83. The van der Waals surface area contributed by atoms with Crippen molar-refractivity contribution in [1.82, 2.24) is 9.88 Å². The van der Waals surface area contributed by atoms with Gasteiger partial charge in [0.25, 0.3) is 11.5 Å². The van der Waals surface area contributed by atoms with Crippen molar-refractivity contribution in [2.24, 2.45) is 0 Å². The Labute approximate surface area is 159 Å². The van der Waals surface area contributed by atoms with Crippen LogP contribution in [0.15, 0.2) is 53.3 Å². The van der Waals surface area contributed by atoms with Gasteiger partial charge in [-0.15, -0.1) is 0 Å². The average molecular weight is 362 g/mol. The monoisotopic (exact) mass is 362 g/mol. The predicted octanol–water partition coefficient (Wildman–Crippen LogP) is 4.41. The lowest BCUT2D eigenvalue weighted by Gasteiger charge is -2.20. The lowest BCUT2D eigenvalue weighted by Crippen LogP contribution is -2.29. The van der Waals surface area contributed by atoms with Crippen molar-refractivity contribution < 1.29 is 4.79 Å². The quantitative estimate of drug-likeness (QED) is 0.750. The fourth-order valence-electron chi connectivity index (χ4n) is 3.15. The molecule has 3 rings (SSSR count). The number of carbonyl (C=O) groups is 1. The molecule has 0 aliphatic carbocycles. The molecule has 2 aromatic carbocycles. The van der Waals surface area contributed by atoms with E-state index in [1.807, 2.05) is 55.5 Å². The van der Waals surface area contributed by atoms with Gasteiger partial charge < -0.3 is 9.88 Å². The van der Waals surface area contributed by atoms with Crippen LogP contribution < -0.4 is 5.56 Å². The van der Waals surface area contributed by atoms with Crippen LogP contribution in [0.2, 0.25) is 0 Å². The first-order valence-corrected chi connectivity index (χ1v) is 9.14. The highest BCUT2D eigenvalue weighted by Crippen LogP contribution is 2.22. The number of nitrogens with zero attached hydrogens (tertiary/aromatic N) is 1. The van der Waals surface area contributed by atoms with Crippen LogP contribution in [0.3, 0.4) is 0 Å². The van der Waals surface area contributed by atoms with Crippen LogP contribution in [0.5, 0.6) is 0 Å². The topological polar surface area (TPSA) is 53.2 Å². The van der Waals surface area contributed by atoms with Crippen LogP contribution in [-0.4, -0.2) is 22.8 Å². The van der Waals surface area contributed by atoms with Gasteiger partial charge in [0, 0.05) is 23.7 Å². The van der Waals surface area contributed by atoms with E-state index in [1.54, 1.807) is 11.9 Å². The molecule has 0 radical (unpaired) electrons. The van der Waals surface area contributed by atoms with E-state index < -0.39 is 0 Å². The summed E-state index contributed by atoms with van der Waals surface area (Å²) in [5.41, 5.74) is 4.21. The summed E-state index contributed by atoms with van der Waals surface area (Å²) < 4.78 is 0. The molecule has 4 nitrogen and oxygen atoms in total. The largest absolute Gasteiger partial charge is 0.337 e. The molecular formula is C23H26N2O2. The molecule has 4 heteroatoms. The van der Waals surface area contributed by atoms with Gasteiger partial charge in [-0.05, 0) is 53.6 Å². The number of pyridine rings is 1. The number of aryl methyl sites for hydroxylation is 1. The molecule has 0 saturated heterocycles. The Morgan fingerprint density at radius 1 is 1.04 bits per heavy atom. The standard InChI is InChI=1S/C23H26N2O2/c1-15-6-11-20-17(12-15)13-18(21(26)24-20)14-25(5)22(27)16-7-9-19(10-8-16)23(2,3)4/h6-13H,14H2,1-5H3,(H,24,26). The van der Waals surface area contributed by atoms with E-state index in [9.17, 15) is 9.59 Å². The number of hydrogen-bond donors (Lipinski definition) is 1. The van der Waals surface area contributed by atoms with Crippen LogP contribution in [0.1, 0.15) is 47.8 Å². The Hall–Kier alpha value is -2.88. The van der Waals surface area contributed by atoms with Crippen LogP contribution >= 0.6 is 0 Å². The van der Waals surface area contributed by atoms with Gasteiger partial charge in [0.05, 0.1) is 6.54 Å². The van der Waals surface area contributed by atoms with E-state index >= 15 is 0 Å². The van der Waals surface area contributed by atoms with Crippen LogP contribution in [0.4, 0.5) is 0 Å². The maximum atomic E-state index is 12.8. The van der Waals surface area contributed by atoms with Crippen LogP contribution in [0.25, 0.3) is 10.9 Å². The molecule has 1 amide bonds. The molecule has 0 fully saturated rings. The zero-order valence-electron chi connectivity index (χ0n) is 16.6. The summed E-state index contributed by atoms with van der Waals surface area (Å²) in [5, 5.41) is 0.972. The molecule has 0 unspecified atom stereocenters. The minimum absolute atomic E-state index is 0.0456. The van der Waals surface area contributed by atoms with E-state index in [0.29, 0.717) is 11.1 Å². The number of aromatic amines is 1. The second-order valence-corrected chi connectivity index (χ2v) is 8.20. The molecule has 3 aromatic rings. The van der Waals surface area contributed by atoms with Crippen molar-refractivity contribution in [3.8, 4) is 0 Å². The minimum atomic E-state index is -0.158. The molecule has 1 aromatic heterocycles. The van der Waals surface area contributed by atoms with E-state index in [-0.39, 0.29) is 23.4 Å². The van der Waals surface area contributed by atoms with Crippen molar-refractivity contribution in [3.05, 3.63) is 81.1 Å². The maximum absolute atomic E-state index is 12.8. The number of benzene rings is 2. The van der Waals surface area contributed by atoms with Gasteiger partial charge in [-0.2, -0.15) is 0 Å². The summed E-state index contributed by atoms with van der Waals surface area (Å²) in [6.45, 7) is 8.71. The van der Waals surface area contributed by atoms with E-state index in [4.69, 9.17) is 0 Å². The molecule has 0 saturated carbocycles. The summed E-state index contributed by atoms with van der Waals surface area (Å²) in [4.78, 5) is 29.6. The zero-order chi connectivity index (χ0) is 19.8. The second kappa shape index (κ2) is 7.03. The molecule has 0 spiro atoms. The highest BCUT2D eigenvalue weighted by molar-refractivity contribution is 5.94. The molecule has 140 valence electrons. The minimum Gasteiger partial charge on any atom is -0.337 e. The summed E-state index contributed by atoms with van der Waals surface area (Å²) in [6, 6.07) is 15.5. The first-order chi connectivity index (χ1) is 12.6. The number of rotatable bonds is 3. The fourth-order valence-corrected chi connectivity index (χ4v) is 3.15. The Balaban J connectivity index is 1.83. The van der Waals surface area contributed by atoms with Crippen molar-refractivity contribution in [1.29, 1.82) is 0 Å². The first kappa shape index (κ1) is 18.9. The molecule has 1 heterocycles. The first-order valence-electron chi connectivity index (χ1n) is 9.14. The number of amides is 1. The van der Waals surface area contributed by atoms with Gasteiger partial charge in [0.15, 0.2) is 0 Å². The Morgan fingerprint density at radius 3 is 2.33 bits per heavy atom. The molecule has 0 bridgehead atoms. The fraction of sp³-hybridized carbons (Fsp3) is 0.304. The number of carbonyl (C=O) groups excluding carboxylic acids is 1. The van der Waals surface area contributed by atoms with E-state index in [0.717, 1.165) is 16.5 Å². The number of hydrogen-bond acceptors (Lipinski definition) is 2. The summed E-state index contributed by atoms with van der Waals surface area (Å²) in [5.74, 6) is -0.0980. The Bertz CT molecular complexity index is 1040. The molecule has 0 atom stereocenters. The average Bonchev–Trinajstić information content (AvgIpc) is 2.61. The van der Waals surface area contributed by atoms with Crippen LogP contribution in [0, 0.1) is 6.92 Å². The number of nitrogens with one attached hydrogen (secondary N) is 1. The van der Waals surface area contributed by atoms with Crippen molar-refractivity contribution in [2.75, 3.05) is 7.05 Å². The van der Waals surface area contributed by atoms with Crippen LogP contribution in [-0.2, 0) is 12.0 Å². The number of aromatic nitrogens is 1. The number of fused-ring (bicyclic) bond motifs is 1. The van der Waals surface area contributed by atoms with Gasteiger partial charge in [0.1, 0.15) is 0 Å².